The number of hydrogen-bond donors (Lipinski definition) is 1. The molecule has 1 heterocycles. The summed E-state index contributed by atoms with van der Waals surface area (Å²) in [6.45, 7) is 11.3. The third-order valence-corrected chi connectivity index (χ3v) is 5.79. The Hall–Kier alpha value is -1.07. The van der Waals surface area contributed by atoms with E-state index < -0.39 is 23.5 Å². The number of unbranched alkanes of at least 4 members (excludes halogenated alkanes) is 11. The van der Waals surface area contributed by atoms with E-state index in [1.165, 1.54) is 75.5 Å². The van der Waals surface area contributed by atoms with E-state index in [1.54, 1.807) is 0 Å². The molecule has 31 heavy (non-hydrogen) atoms. The topological polar surface area (TPSA) is 59.0 Å². The summed E-state index contributed by atoms with van der Waals surface area (Å²) in [4.78, 5) is 14.2. The van der Waals surface area contributed by atoms with Crippen LogP contribution in [0.1, 0.15) is 119 Å². The van der Waals surface area contributed by atoms with Gasteiger partial charge in [0, 0.05) is 0 Å². The average molecular weight is 440 g/mol. The second-order valence-electron chi connectivity index (χ2n) is 10.4. The van der Waals surface area contributed by atoms with Crippen molar-refractivity contribution in [1.82, 2.24) is 4.90 Å². The Labute approximate surface area is 191 Å². The molecule has 1 fully saturated rings. The first-order valence-corrected chi connectivity index (χ1v) is 12.6. The number of rotatable bonds is 14. The van der Waals surface area contributed by atoms with Crippen LogP contribution in [0.5, 0.6) is 0 Å². The van der Waals surface area contributed by atoms with Gasteiger partial charge in [-0.25, -0.2) is 4.79 Å². The van der Waals surface area contributed by atoms with Crippen LogP contribution in [0.25, 0.3) is 0 Å². The molecule has 1 amide bonds. The lowest BCUT2D eigenvalue weighted by Crippen LogP contribution is -2.51. The highest BCUT2D eigenvalue weighted by Crippen LogP contribution is 2.34. The number of nitrogens with zero attached hydrogens (tertiary/aromatic N) is 1. The van der Waals surface area contributed by atoms with Gasteiger partial charge < -0.3 is 14.6 Å². The number of amides is 1. The molecule has 1 aliphatic rings. The molecule has 5 nitrogen and oxygen atoms in total. The fourth-order valence-corrected chi connectivity index (χ4v) is 4.19. The largest absolute Gasteiger partial charge is 0.444 e. The fraction of sp³-hybridized carbons (Fsp3) is 0.885. The van der Waals surface area contributed by atoms with Crippen LogP contribution in [0.3, 0.4) is 0 Å². The summed E-state index contributed by atoms with van der Waals surface area (Å²) in [5, 5.41) is 9.93. The van der Waals surface area contributed by atoms with Gasteiger partial charge in [-0.2, -0.15) is 0 Å². The van der Waals surface area contributed by atoms with E-state index in [-0.39, 0.29) is 12.7 Å². The van der Waals surface area contributed by atoms with Gasteiger partial charge in [-0.15, -0.1) is 0 Å². The molecule has 0 aromatic rings. The van der Waals surface area contributed by atoms with E-state index in [0.29, 0.717) is 0 Å². The second kappa shape index (κ2) is 14.2. The van der Waals surface area contributed by atoms with Gasteiger partial charge in [0.2, 0.25) is 0 Å². The monoisotopic (exact) mass is 439 g/mol. The Bertz CT molecular complexity index is 524. The third-order valence-electron chi connectivity index (χ3n) is 5.79. The number of aliphatic hydroxyl groups is 1. The van der Waals surface area contributed by atoms with Crippen molar-refractivity contribution < 1.29 is 19.4 Å². The maximum Gasteiger partial charge on any atom is 0.413 e. The molecule has 1 saturated heterocycles. The lowest BCUT2D eigenvalue weighted by molar-refractivity contribution is -0.0724. The Balaban J connectivity index is 2.30. The molecule has 0 radical (unpaired) electrons. The Morgan fingerprint density at radius 1 is 1.00 bits per heavy atom. The van der Waals surface area contributed by atoms with E-state index in [1.807, 2.05) is 40.7 Å². The molecule has 0 saturated carbocycles. The quantitative estimate of drug-likeness (QED) is 0.234. The van der Waals surface area contributed by atoms with Crippen molar-refractivity contribution in [2.75, 3.05) is 6.61 Å². The predicted octanol–water partition coefficient (Wildman–Crippen LogP) is 6.98. The number of ether oxygens (including phenoxy) is 2. The van der Waals surface area contributed by atoms with Crippen LogP contribution < -0.4 is 0 Å². The Morgan fingerprint density at radius 3 is 2.00 bits per heavy atom. The minimum absolute atomic E-state index is 0.157. The van der Waals surface area contributed by atoms with Crippen LogP contribution >= 0.6 is 0 Å². The molecule has 0 spiro atoms. The number of hydrogen-bond acceptors (Lipinski definition) is 4. The third kappa shape index (κ3) is 10.9. The van der Waals surface area contributed by atoms with Gasteiger partial charge in [0.05, 0.1) is 12.6 Å². The summed E-state index contributed by atoms with van der Waals surface area (Å²) >= 11 is 0. The van der Waals surface area contributed by atoms with Gasteiger partial charge in [-0.3, -0.25) is 4.90 Å². The molecular formula is C26H49NO4. The molecule has 0 unspecified atom stereocenters. The first kappa shape index (κ1) is 28.0. The number of aliphatic hydroxyl groups excluding tert-OH is 1. The molecule has 0 aromatic carbocycles. The van der Waals surface area contributed by atoms with Crippen LogP contribution in [0.4, 0.5) is 4.79 Å². The zero-order valence-electron chi connectivity index (χ0n) is 21.1. The van der Waals surface area contributed by atoms with Gasteiger partial charge >= 0.3 is 6.09 Å². The standard InChI is InChI=1S/C26H49NO4/c1-7-8-9-10-11-12-13-14-15-16-17-18-19-20-23-22(21-28)27(26(5,6)30-23)24(29)31-25(2,3)4/h19-20,22-23,28H,7-18,21H2,1-6H3/t22-,23+/m0/s1. The number of allylic oxidation sites excluding steroid dienone is 1. The maximum atomic E-state index is 12.7. The Morgan fingerprint density at radius 2 is 1.52 bits per heavy atom. The van der Waals surface area contributed by atoms with Crippen LogP contribution in [-0.4, -0.2) is 46.2 Å². The van der Waals surface area contributed by atoms with Crippen LogP contribution in [0.15, 0.2) is 12.2 Å². The lowest BCUT2D eigenvalue weighted by atomic mass is 10.0. The van der Waals surface area contributed by atoms with Gasteiger partial charge in [0.15, 0.2) is 0 Å². The number of carbonyl (C=O) groups is 1. The summed E-state index contributed by atoms with van der Waals surface area (Å²) in [5.41, 5.74) is -1.41. The fourth-order valence-electron chi connectivity index (χ4n) is 4.19. The van der Waals surface area contributed by atoms with Crippen molar-refractivity contribution in [3.63, 3.8) is 0 Å². The maximum absolute atomic E-state index is 12.7. The van der Waals surface area contributed by atoms with Gasteiger partial charge in [0.25, 0.3) is 0 Å². The molecule has 0 aliphatic carbocycles. The van der Waals surface area contributed by atoms with Crippen molar-refractivity contribution in [1.29, 1.82) is 0 Å². The van der Waals surface area contributed by atoms with Gasteiger partial charge in [0.1, 0.15) is 17.4 Å². The van der Waals surface area contributed by atoms with Crippen molar-refractivity contribution >= 4 is 6.09 Å². The zero-order valence-corrected chi connectivity index (χ0v) is 21.1. The van der Waals surface area contributed by atoms with Crippen LogP contribution in [0.2, 0.25) is 0 Å². The summed E-state index contributed by atoms with van der Waals surface area (Å²) in [5.74, 6) is 0. The van der Waals surface area contributed by atoms with Crippen molar-refractivity contribution in [2.45, 2.75) is 142 Å². The van der Waals surface area contributed by atoms with E-state index in [0.717, 1.165) is 6.42 Å². The molecule has 1 rings (SSSR count). The van der Waals surface area contributed by atoms with E-state index in [4.69, 9.17) is 9.47 Å². The van der Waals surface area contributed by atoms with E-state index >= 15 is 0 Å². The summed E-state index contributed by atoms with van der Waals surface area (Å²) in [6.07, 6.45) is 19.1. The van der Waals surface area contributed by atoms with Crippen LogP contribution in [0, 0.1) is 0 Å². The minimum atomic E-state index is -0.818. The normalized spacial score (nSPS) is 21.2. The molecule has 1 aliphatic heterocycles. The summed E-state index contributed by atoms with van der Waals surface area (Å²) in [7, 11) is 0. The molecule has 2 atom stereocenters. The molecule has 1 N–H and O–H groups in total. The Kier molecular flexibility index (Phi) is 12.8. The number of carbonyl (C=O) groups excluding carboxylic acids is 1. The molecular weight excluding hydrogens is 390 g/mol. The second-order valence-corrected chi connectivity index (χ2v) is 10.4. The zero-order chi connectivity index (χ0) is 23.3. The molecule has 0 bridgehead atoms. The molecule has 0 aromatic heterocycles. The first-order valence-electron chi connectivity index (χ1n) is 12.6. The minimum Gasteiger partial charge on any atom is -0.444 e. The highest BCUT2D eigenvalue weighted by Gasteiger charge is 2.50. The lowest BCUT2D eigenvalue weighted by Gasteiger charge is -2.34. The average Bonchev–Trinajstić information content (AvgIpc) is 2.93. The highest BCUT2D eigenvalue weighted by molar-refractivity contribution is 5.70. The van der Waals surface area contributed by atoms with Crippen molar-refractivity contribution in [3.8, 4) is 0 Å². The van der Waals surface area contributed by atoms with E-state index in [9.17, 15) is 9.90 Å². The van der Waals surface area contributed by atoms with E-state index in [2.05, 4.69) is 13.0 Å². The van der Waals surface area contributed by atoms with Crippen molar-refractivity contribution in [2.24, 2.45) is 0 Å². The van der Waals surface area contributed by atoms with Gasteiger partial charge in [-0.1, -0.05) is 83.3 Å². The smallest absolute Gasteiger partial charge is 0.413 e. The first-order chi connectivity index (χ1) is 14.6. The SMILES string of the molecule is CCCCCCCCCCCCCC=C[C@H]1OC(C)(C)N(C(=O)OC(C)(C)C)[C@H]1CO. The van der Waals surface area contributed by atoms with Crippen LogP contribution in [-0.2, 0) is 9.47 Å². The summed E-state index contributed by atoms with van der Waals surface area (Å²) in [6, 6.07) is -0.432. The highest BCUT2D eigenvalue weighted by atomic mass is 16.6. The summed E-state index contributed by atoms with van der Waals surface area (Å²) < 4.78 is 11.6. The molecule has 5 heteroatoms. The van der Waals surface area contributed by atoms with Crippen molar-refractivity contribution in [3.05, 3.63) is 12.2 Å². The van der Waals surface area contributed by atoms with Gasteiger partial charge in [-0.05, 0) is 47.5 Å². The predicted molar refractivity (Wildman–Crippen MR) is 128 cm³/mol. The molecule has 182 valence electrons.